The van der Waals surface area contributed by atoms with Crippen molar-refractivity contribution in [1.29, 1.82) is 0 Å². The summed E-state index contributed by atoms with van der Waals surface area (Å²) in [6, 6.07) is 0. The Morgan fingerprint density at radius 1 is 1.88 bits per heavy atom. The summed E-state index contributed by atoms with van der Waals surface area (Å²) in [4.78, 5) is 10.3. The van der Waals surface area contributed by atoms with Crippen molar-refractivity contribution < 1.29 is 4.79 Å². The van der Waals surface area contributed by atoms with Crippen LogP contribution in [0.3, 0.4) is 0 Å². The molecular formula is C4H9NOS2. The molecular weight excluding hydrogens is 142 g/mol. The van der Waals surface area contributed by atoms with Crippen molar-refractivity contribution in [2.45, 2.75) is 19.2 Å². The highest BCUT2D eigenvalue weighted by molar-refractivity contribution is 8.68. The van der Waals surface area contributed by atoms with E-state index in [1.165, 1.54) is 17.7 Å². The first-order chi connectivity index (χ1) is 3.66. The molecule has 0 aliphatic heterocycles. The number of nitrogens with one attached hydrogen (secondary N) is 1. The summed E-state index contributed by atoms with van der Waals surface area (Å²) in [5.41, 5.74) is 0. The molecule has 8 heavy (non-hydrogen) atoms. The van der Waals surface area contributed by atoms with Crippen molar-refractivity contribution in [2.75, 3.05) is 0 Å². The zero-order valence-corrected chi connectivity index (χ0v) is 6.55. The molecule has 0 aromatic heterocycles. The summed E-state index contributed by atoms with van der Waals surface area (Å²) < 4.78 is 0. The first-order valence-electron chi connectivity index (χ1n) is 2.24. The fraction of sp³-hybridized carbons (Fsp3) is 0.750. The fourth-order valence-electron chi connectivity index (χ4n) is 0.313. The third kappa shape index (κ3) is 4.33. The van der Waals surface area contributed by atoms with Gasteiger partial charge in [-0.05, 0) is 6.92 Å². The Bertz CT molecular complexity index is 86.1. The third-order valence-electron chi connectivity index (χ3n) is 0.565. The van der Waals surface area contributed by atoms with Gasteiger partial charge in [-0.1, -0.05) is 10.8 Å². The fourth-order valence-corrected chi connectivity index (χ4v) is 0.689. The third-order valence-corrected chi connectivity index (χ3v) is 1.95. The van der Waals surface area contributed by atoms with Crippen LogP contribution in [0.25, 0.3) is 0 Å². The minimum Gasteiger partial charge on any atom is -0.344 e. The average Bonchev–Trinajstić information content (AvgIpc) is 1.65. The summed E-state index contributed by atoms with van der Waals surface area (Å²) in [6.45, 7) is 3.36. The van der Waals surface area contributed by atoms with Crippen LogP contribution in [-0.2, 0) is 4.79 Å². The molecule has 0 fully saturated rings. The van der Waals surface area contributed by atoms with Gasteiger partial charge in [0.1, 0.15) is 0 Å². The predicted molar refractivity (Wildman–Crippen MR) is 39.9 cm³/mol. The van der Waals surface area contributed by atoms with Gasteiger partial charge < -0.3 is 5.32 Å². The monoisotopic (exact) mass is 151 g/mol. The van der Waals surface area contributed by atoms with Gasteiger partial charge in [0, 0.05) is 6.92 Å². The van der Waals surface area contributed by atoms with Crippen LogP contribution in [0, 0.1) is 0 Å². The van der Waals surface area contributed by atoms with Crippen molar-refractivity contribution >= 4 is 28.4 Å². The smallest absolute Gasteiger partial charge is 0.217 e. The van der Waals surface area contributed by atoms with E-state index in [0.29, 0.717) is 0 Å². The van der Waals surface area contributed by atoms with Gasteiger partial charge >= 0.3 is 0 Å². The quantitative estimate of drug-likeness (QED) is 0.351. The lowest BCUT2D eigenvalue weighted by molar-refractivity contribution is -0.119. The van der Waals surface area contributed by atoms with E-state index in [2.05, 4.69) is 17.0 Å². The minimum absolute atomic E-state index is 0.0148. The van der Waals surface area contributed by atoms with E-state index in [4.69, 9.17) is 0 Å². The van der Waals surface area contributed by atoms with E-state index >= 15 is 0 Å². The number of amides is 1. The van der Waals surface area contributed by atoms with Crippen molar-refractivity contribution in [3.8, 4) is 0 Å². The molecule has 0 bridgehead atoms. The lowest BCUT2D eigenvalue weighted by Gasteiger charge is -2.05. The van der Waals surface area contributed by atoms with Crippen LogP contribution in [0.1, 0.15) is 13.8 Å². The number of hydrogen-bond donors (Lipinski definition) is 2. The summed E-state index contributed by atoms with van der Waals surface area (Å²) >= 11 is 3.89. The number of thiol groups is 1. The molecule has 0 aromatic rings. The zero-order valence-electron chi connectivity index (χ0n) is 4.84. The molecule has 4 heteroatoms. The molecule has 0 saturated heterocycles. The topological polar surface area (TPSA) is 29.1 Å². The Hall–Kier alpha value is 0.170. The molecule has 1 N–H and O–H groups in total. The molecule has 1 amide bonds. The van der Waals surface area contributed by atoms with E-state index < -0.39 is 0 Å². The number of carbonyl (C=O) groups is 1. The Kier molecular flexibility index (Phi) is 4.18. The lowest BCUT2D eigenvalue weighted by Crippen LogP contribution is -2.26. The molecule has 0 spiro atoms. The molecule has 0 heterocycles. The molecule has 0 aliphatic rings. The van der Waals surface area contributed by atoms with E-state index in [1.54, 1.807) is 0 Å². The molecule has 0 radical (unpaired) electrons. The zero-order chi connectivity index (χ0) is 6.57. The average molecular weight is 151 g/mol. The van der Waals surface area contributed by atoms with Gasteiger partial charge in [-0.25, -0.2) is 0 Å². The molecule has 1 atom stereocenters. The molecule has 0 aliphatic carbocycles. The van der Waals surface area contributed by atoms with E-state index in [0.717, 1.165) is 0 Å². The van der Waals surface area contributed by atoms with Gasteiger partial charge in [-0.2, -0.15) is 0 Å². The van der Waals surface area contributed by atoms with Crippen LogP contribution in [0.2, 0.25) is 0 Å². The van der Waals surface area contributed by atoms with Crippen LogP contribution in [0.5, 0.6) is 0 Å². The van der Waals surface area contributed by atoms with Gasteiger partial charge in [-0.15, -0.1) is 11.7 Å². The standard InChI is InChI=1S/C4H9NOS2/c1-3(6)5-4(2)8-7/h4,7H,1-2H3,(H,5,6). The number of rotatable bonds is 2. The number of hydrogen-bond acceptors (Lipinski definition) is 3. The normalized spacial score (nSPS) is 12.9. The number of carbonyl (C=O) groups excluding carboxylic acids is 1. The highest BCUT2D eigenvalue weighted by Crippen LogP contribution is 2.10. The maximum Gasteiger partial charge on any atom is 0.217 e. The van der Waals surface area contributed by atoms with Crippen LogP contribution < -0.4 is 5.32 Å². The first kappa shape index (κ1) is 8.17. The van der Waals surface area contributed by atoms with Crippen LogP contribution in [-0.4, -0.2) is 11.3 Å². The maximum absolute atomic E-state index is 10.3. The predicted octanol–water partition coefficient (Wildman–Crippen LogP) is 1.05. The van der Waals surface area contributed by atoms with E-state index in [9.17, 15) is 4.79 Å². The summed E-state index contributed by atoms with van der Waals surface area (Å²) in [5.74, 6) is -0.0148. The molecule has 48 valence electrons. The van der Waals surface area contributed by atoms with Gasteiger partial charge in [0.05, 0.1) is 5.37 Å². The maximum atomic E-state index is 10.3. The van der Waals surface area contributed by atoms with Gasteiger partial charge in [0.25, 0.3) is 0 Å². The summed E-state index contributed by atoms with van der Waals surface area (Å²) in [6.07, 6.45) is 0. The van der Waals surface area contributed by atoms with Crippen molar-refractivity contribution in [3.05, 3.63) is 0 Å². The highest BCUT2D eigenvalue weighted by atomic mass is 33.1. The Morgan fingerprint density at radius 2 is 2.38 bits per heavy atom. The van der Waals surface area contributed by atoms with Gasteiger partial charge in [0.2, 0.25) is 5.91 Å². The molecule has 0 saturated carbocycles. The Morgan fingerprint density at radius 3 is 2.50 bits per heavy atom. The highest BCUT2D eigenvalue weighted by Gasteiger charge is 1.97. The van der Waals surface area contributed by atoms with Crippen molar-refractivity contribution in [2.24, 2.45) is 0 Å². The second-order valence-electron chi connectivity index (χ2n) is 1.45. The largest absolute Gasteiger partial charge is 0.344 e. The Labute approximate surface area is 58.2 Å². The lowest BCUT2D eigenvalue weighted by atomic mass is 10.6. The minimum atomic E-state index is -0.0148. The second-order valence-corrected chi connectivity index (χ2v) is 3.00. The van der Waals surface area contributed by atoms with Crippen molar-refractivity contribution in [3.63, 3.8) is 0 Å². The summed E-state index contributed by atoms with van der Waals surface area (Å²) in [7, 11) is 1.32. The van der Waals surface area contributed by atoms with E-state index in [-0.39, 0.29) is 11.3 Å². The van der Waals surface area contributed by atoms with Gasteiger partial charge in [0.15, 0.2) is 0 Å². The summed E-state index contributed by atoms with van der Waals surface area (Å²) in [5, 5.41) is 2.75. The second kappa shape index (κ2) is 4.09. The Balaban J connectivity index is 3.24. The van der Waals surface area contributed by atoms with Crippen LogP contribution >= 0.6 is 22.5 Å². The first-order valence-corrected chi connectivity index (χ1v) is 4.17. The van der Waals surface area contributed by atoms with Crippen LogP contribution in [0.15, 0.2) is 0 Å². The van der Waals surface area contributed by atoms with Crippen LogP contribution in [0.4, 0.5) is 0 Å². The SMILES string of the molecule is CC(=O)NC(C)SS. The van der Waals surface area contributed by atoms with Gasteiger partial charge in [-0.3, -0.25) is 4.79 Å². The molecule has 2 nitrogen and oxygen atoms in total. The molecule has 1 unspecified atom stereocenters. The van der Waals surface area contributed by atoms with E-state index in [1.807, 2.05) is 6.92 Å². The molecule has 0 aromatic carbocycles. The van der Waals surface area contributed by atoms with Crippen molar-refractivity contribution in [1.82, 2.24) is 5.32 Å². The molecule has 0 rings (SSSR count).